The van der Waals surface area contributed by atoms with Gasteiger partial charge >= 0.3 is 0 Å². The molecule has 1 aliphatic rings. The first-order valence-electron chi connectivity index (χ1n) is 5.87. The van der Waals surface area contributed by atoms with Gasteiger partial charge in [-0.2, -0.15) is 4.79 Å². The van der Waals surface area contributed by atoms with Crippen molar-refractivity contribution in [1.82, 2.24) is 4.90 Å². The Morgan fingerprint density at radius 3 is 2.24 bits per heavy atom. The summed E-state index contributed by atoms with van der Waals surface area (Å²) in [5, 5.41) is 19.8. The average molecular weight is 237 g/mol. The Morgan fingerprint density at radius 1 is 1.29 bits per heavy atom. The van der Waals surface area contributed by atoms with Crippen molar-refractivity contribution >= 4 is 5.71 Å². The first-order chi connectivity index (χ1) is 8.13. The van der Waals surface area contributed by atoms with Gasteiger partial charge in [0, 0.05) is 11.8 Å². The molecule has 17 heavy (non-hydrogen) atoms. The van der Waals surface area contributed by atoms with Crippen LogP contribution in [0.15, 0.2) is 23.9 Å². The zero-order valence-corrected chi connectivity index (χ0v) is 10.2. The van der Waals surface area contributed by atoms with E-state index in [1.54, 1.807) is 17.1 Å². The molecule has 0 saturated carbocycles. The van der Waals surface area contributed by atoms with Crippen molar-refractivity contribution in [3.63, 3.8) is 0 Å². The van der Waals surface area contributed by atoms with Crippen LogP contribution in [0.4, 0.5) is 0 Å². The fourth-order valence-corrected chi connectivity index (χ4v) is 1.73. The van der Waals surface area contributed by atoms with Crippen LogP contribution >= 0.6 is 0 Å². The molecule has 0 aliphatic heterocycles. The smallest absolute Gasteiger partial charge is 0.295 e. The van der Waals surface area contributed by atoms with Gasteiger partial charge in [-0.25, -0.2) is 0 Å². The van der Waals surface area contributed by atoms with Crippen molar-refractivity contribution < 1.29 is 15.0 Å². The predicted octanol–water partition coefficient (Wildman–Crippen LogP) is 1.26. The van der Waals surface area contributed by atoms with E-state index in [1.165, 1.54) is 0 Å². The molecule has 0 aromatic rings. The van der Waals surface area contributed by atoms with E-state index in [4.69, 9.17) is 5.53 Å². The van der Waals surface area contributed by atoms with Gasteiger partial charge < -0.3 is 20.6 Å². The topological polar surface area (TPSA) is 80.1 Å². The molecular formula is C12H19N3O2. The molecule has 0 aromatic heterocycles. The van der Waals surface area contributed by atoms with Crippen LogP contribution in [-0.4, -0.2) is 38.1 Å². The van der Waals surface area contributed by atoms with E-state index in [2.05, 4.69) is 4.79 Å². The molecular weight excluding hydrogens is 218 g/mol. The zero-order chi connectivity index (χ0) is 12.8. The third-order valence-corrected chi connectivity index (χ3v) is 2.77. The normalized spacial score (nSPS) is 18.4. The fourth-order valence-electron chi connectivity index (χ4n) is 1.73. The lowest BCUT2D eigenvalue weighted by Crippen LogP contribution is -2.42. The van der Waals surface area contributed by atoms with Gasteiger partial charge in [0.15, 0.2) is 0 Å². The first kappa shape index (κ1) is 13.6. The van der Waals surface area contributed by atoms with Gasteiger partial charge in [0.05, 0.1) is 6.42 Å². The van der Waals surface area contributed by atoms with Crippen LogP contribution < -0.4 is 0 Å². The van der Waals surface area contributed by atoms with Crippen molar-refractivity contribution in [1.29, 1.82) is 0 Å². The monoisotopic (exact) mass is 237 g/mol. The second kappa shape index (κ2) is 6.35. The molecule has 0 heterocycles. The summed E-state index contributed by atoms with van der Waals surface area (Å²) in [4.78, 5) is 4.69. The van der Waals surface area contributed by atoms with Crippen LogP contribution in [0, 0.1) is 0 Å². The molecule has 5 nitrogen and oxygen atoms in total. The summed E-state index contributed by atoms with van der Waals surface area (Å²) in [6.07, 6.45) is 5.36. The second-order valence-corrected chi connectivity index (χ2v) is 3.94. The minimum Gasteiger partial charge on any atom is -0.374 e. The van der Waals surface area contributed by atoms with Crippen LogP contribution in [0.1, 0.15) is 33.1 Å². The highest BCUT2D eigenvalue weighted by atomic mass is 16.3. The van der Waals surface area contributed by atoms with E-state index < -0.39 is 12.5 Å². The maximum atomic E-state index is 9.91. The summed E-state index contributed by atoms with van der Waals surface area (Å²) in [6, 6.07) is 0. The Bertz CT molecular complexity index is 360. The highest BCUT2D eigenvalue weighted by molar-refractivity contribution is 5.93. The highest BCUT2D eigenvalue weighted by Gasteiger charge is 2.23. The Hall–Kier alpha value is -1.42. The van der Waals surface area contributed by atoms with Crippen LogP contribution in [0.3, 0.4) is 0 Å². The number of hydrogen-bond acceptors (Lipinski definition) is 3. The molecule has 94 valence electrons. The van der Waals surface area contributed by atoms with E-state index in [-0.39, 0.29) is 0 Å². The molecule has 0 spiro atoms. The van der Waals surface area contributed by atoms with Gasteiger partial charge in [0.25, 0.3) is 5.71 Å². The maximum Gasteiger partial charge on any atom is 0.295 e. The average Bonchev–Trinajstić information content (AvgIpc) is 2.39. The number of nitrogens with zero attached hydrogens (tertiary/aromatic N) is 3. The molecule has 2 N–H and O–H groups in total. The first-order valence-corrected chi connectivity index (χ1v) is 5.87. The van der Waals surface area contributed by atoms with Gasteiger partial charge in [0.2, 0.25) is 0 Å². The number of rotatable bonds is 5. The minimum absolute atomic E-state index is 0.492. The van der Waals surface area contributed by atoms with Gasteiger partial charge in [-0.05, 0) is 25.0 Å². The van der Waals surface area contributed by atoms with E-state index in [0.717, 1.165) is 5.70 Å². The SMILES string of the molecule is CCC(O)N(C1=CCC(=[N+]=[N-])C=C1)C(O)CC. The Labute approximate surface area is 101 Å². The molecule has 0 radical (unpaired) electrons. The van der Waals surface area contributed by atoms with Crippen molar-refractivity contribution in [2.24, 2.45) is 0 Å². The van der Waals surface area contributed by atoms with Crippen LogP contribution in [0.2, 0.25) is 0 Å². The van der Waals surface area contributed by atoms with Crippen LogP contribution in [0.25, 0.3) is 5.53 Å². The molecule has 5 heteroatoms. The van der Waals surface area contributed by atoms with E-state index >= 15 is 0 Å². The molecule has 0 fully saturated rings. The van der Waals surface area contributed by atoms with Crippen molar-refractivity contribution in [3.05, 3.63) is 29.5 Å². The molecule has 0 amide bonds. The molecule has 0 aromatic carbocycles. The fraction of sp³-hybridized carbons (Fsp3) is 0.583. The van der Waals surface area contributed by atoms with Crippen LogP contribution in [0.5, 0.6) is 0 Å². The summed E-state index contributed by atoms with van der Waals surface area (Å²) >= 11 is 0. The van der Waals surface area contributed by atoms with Gasteiger partial charge in [-0.3, -0.25) is 0 Å². The Balaban J connectivity index is 2.90. The van der Waals surface area contributed by atoms with Crippen molar-refractivity contribution in [2.45, 2.75) is 45.6 Å². The highest BCUT2D eigenvalue weighted by Crippen LogP contribution is 2.20. The van der Waals surface area contributed by atoms with Gasteiger partial charge in [-0.15, -0.1) is 0 Å². The molecule has 2 atom stereocenters. The van der Waals surface area contributed by atoms with Crippen molar-refractivity contribution in [2.75, 3.05) is 0 Å². The summed E-state index contributed by atoms with van der Waals surface area (Å²) in [6.45, 7) is 3.71. The third-order valence-electron chi connectivity index (χ3n) is 2.77. The number of hydrogen-bond donors (Lipinski definition) is 2. The molecule has 1 rings (SSSR count). The quantitative estimate of drug-likeness (QED) is 0.429. The minimum atomic E-state index is -0.714. The lowest BCUT2D eigenvalue weighted by atomic mass is 10.1. The molecule has 1 aliphatic carbocycles. The summed E-state index contributed by atoms with van der Waals surface area (Å²) in [5.74, 6) is 0. The molecule has 0 bridgehead atoms. The molecule has 2 unspecified atom stereocenters. The lowest BCUT2D eigenvalue weighted by molar-refractivity contribution is -0.0789. The molecule has 0 saturated heterocycles. The predicted molar refractivity (Wildman–Crippen MR) is 64.9 cm³/mol. The Kier molecular flexibility index (Phi) is 5.10. The zero-order valence-electron chi connectivity index (χ0n) is 10.2. The standard InChI is InChI=1S/C12H19N3O2/c1-3-11(16)15(12(17)4-2)10-7-5-9(14-13)6-8-10/h5,7-8,11-12,16-17H,3-4,6H2,1-2H3. The van der Waals surface area contributed by atoms with Crippen LogP contribution in [-0.2, 0) is 0 Å². The van der Waals surface area contributed by atoms with E-state index in [9.17, 15) is 10.2 Å². The van der Waals surface area contributed by atoms with Gasteiger partial charge in [0.1, 0.15) is 12.5 Å². The van der Waals surface area contributed by atoms with E-state index in [1.807, 2.05) is 19.9 Å². The summed E-state index contributed by atoms with van der Waals surface area (Å²) in [7, 11) is 0. The second-order valence-electron chi connectivity index (χ2n) is 3.94. The summed E-state index contributed by atoms with van der Waals surface area (Å²) < 4.78 is 0. The number of aliphatic hydroxyl groups excluding tert-OH is 2. The number of aliphatic hydroxyl groups is 2. The largest absolute Gasteiger partial charge is 0.374 e. The third kappa shape index (κ3) is 3.27. The van der Waals surface area contributed by atoms with E-state index in [0.29, 0.717) is 25.0 Å². The van der Waals surface area contributed by atoms with Gasteiger partial charge in [-0.1, -0.05) is 13.8 Å². The summed E-state index contributed by atoms with van der Waals surface area (Å²) in [5.41, 5.74) is 9.93. The maximum absolute atomic E-state index is 9.91. The van der Waals surface area contributed by atoms with Crippen molar-refractivity contribution in [3.8, 4) is 0 Å². The lowest BCUT2D eigenvalue weighted by Gasteiger charge is -2.34. The number of allylic oxidation sites excluding steroid dienone is 3. The Morgan fingerprint density at radius 2 is 1.88 bits per heavy atom.